The summed E-state index contributed by atoms with van der Waals surface area (Å²) in [6.07, 6.45) is 10.9. The summed E-state index contributed by atoms with van der Waals surface area (Å²) in [5, 5.41) is 9.79. The lowest BCUT2D eigenvalue weighted by molar-refractivity contribution is 0.367. The molecule has 0 saturated heterocycles. The number of terminal acetylenes is 1. The molecule has 0 N–H and O–H groups in total. The fourth-order valence-electron chi connectivity index (χ4n) is 2.93. The lowest BCUT2D eigenvalue weighted by Gasteiger charge is -2.19. The van der Waals surface area contributed by atoms with Gasteiger partial charge in [0.1, 0.15) is 17.0 Å². The number of methoxy groups -OCH3 is 1. The zero-order valence-electron chi connectivity index (χ0n) is 15.9. The van der Waals surface area contributed by atoms with Crippen LogP contribution in [0.3, 0.4) is 0 Å². The minimum Gasteiger partial charge on any atom is -0.497 e. The molecule has 0 amide bonds. The number of aliphatic imine (C=N–C) groups is 1. The smallest absolute Gasteiger partial charge is 0.141 e. The molecule has 0 aromatic heterocycles. The van der Waals surface area contributed by atoms with Crippen molar-refractivity contribution in [2.75, 3.05) is 13.7 Å². The summed E-state index contributed by atoms with van der Waals surface area (Å²) in [5.74, 6) is 3.65. The Hall–Kier alpha value is -2.23. The van der Waals surface area contributed by atoms with Gasteiger partial charge in [-0.3, -0.25) is 4.99 Å². The monoisotopic (exact) mass is 370 g/mol. The number of nitrogens with zero attached hydrogens (tertiary/aromatic N) is 2. The first-order valence-electron chi connectivity index (χ1n) is 8.90. The van der Waals surface area contributed by atoms with E-state index < -0.39 is 0 Å². The molecule has 0 atom stereocenters. The first kappa shape index (κ1) is 21.8. The van der Waals surface area contributed by atoms with Crippen molar-refractivity contribution in [1.82, 2.24) is 0 Å². The molecule has 0 bridgehead atoms. The van der Waals surface area contributed by atoms with Crippen molar-refractivity contribution in [2.24, 2.45) is 10.9 Å². The van der Waals surface area contributed by atoms with Gasteiger partial charge in [0.15, 0.2) is 0 Å². The second-order valence-electron chi connectivity index (χ2n) is 6.26. The predicted octanol–water partition coefficient (Wildman–Crippen LogP) is 5.85. The normalized spacial score (nSPS) is 15.7. The molecule has 1 aromatic carbocycles. The van der Waals surface area contributed by atoms with Crippen molar-refractivity contribution in [3.63, 3.8) is 0 Å². The molecule has 0 spiro atoms. The zero-order valence-corrected chi connectivity index (χ0v) is 16.6. The summed E-state index contributed by atoms with van der Waals surface area (Å²) < 4.78 is 5.16. The van der Waals surface area contributed by atoms with E-state index in [1.807, 2.05) is 31.2 Å². The molecule has 1 saturated carbocycles. The van der Waals surface area contributed by atoms with Crippen molar-refractivity contribution in [1.29, 1.82) is 5.26 Å². The molecule has 1 aromatic rings. The Morgan fingerprint density at radius 3 is 2.35 bits per heavy atom. The van der Waals surface area contributed by atoms with Gasteiger partial charge in [0, 0.05) is 6.54 Å². The first-order valence-corrected chi connectivity index (χ1v) is 9.28. The second-order valence-corrected chi connectivity index (χ2v) is 6.62. The maximum atomic E-state index is 9.47. The van der Waals surface area contributed by atoms with Gasteiger partial charge in [-0.15, -0.1) is 12.3 Å². The Kier molecular flexibility index (Phi) is 10.2. The highest BCUT2D eigenvalue weighted by Gasteiger charge is 2.15. The van der Waals surface area contributed by atoms with Crippen LogP contribution in [-0.4, -0.2) is 18.8 Å². The van der Waals surface area contributed by atoms with Crippen LogP contribution in [-0.2, 0) is 0 Å². The van der Waals surface area contributed by atoms with Gasteiger partial charge in [0.05, 0.1) is 12.7 Å². The molecule has 3 nitrogen and oxygen atoms in total. The fraction of sp³-hybridized carbons (Fsp3) is 0.455. The van der Waals surface area contributed by atoms with Crippen LogP contribution in [0, 0.1) is 29.6 Å². The summed E-state index contributed by atoms with van der Waals surface area (Å²) in [5.41, 5.74) is 2.24. The lowest BCUT2D eigenvalue weighted by atomic mass is 9.89. The molecule has 0 unspecified atom stereocenters. The number of hydrogen-bond donors (Lipinski definition) is 0. The largest absolute Gasteiger partial charge is 0.497 e. The summed E-state index contributed by atoms with van der Waals surface area (Å²) in [6.45, 7) is 4.28. The van der Waals surface area contributed by atoms with E-state index in [1.54, 1.807) is 14.0 Å². The van der Waals surface area contributed by atoms with Crippen LogP contribution in [0.15, 0.2) is 34.8 Å². The topological polar surface area (TPSA) is 45.4 Å². The molecule has 4 heteroatoms. The van der Waals surface area contributed by atoms with Gasteiger partial charge in [-0.1, -0.05) is 43.0 Å². The van der Waals surface area contributed by atoms with Crippen molar-refractivity contribution < 1.29 is 4.74 Å². The minimum atomic E-state index is 0.325. The minimum absolute atomic E-state index is 0.325. The summed E-state index contributed by atoms with van der Waals surface area (Å²) in [7, 11) is 1.63. The highest BCUT2D eigenvalue weighted by atomic mass is 35.5. The molecule has 0 heterocycles. The first-order chi connectivity index (χ1) is 12.6. The predicted molar refractivity (Wildman–Crippen MR) is 110 cm³/mol. The third-order valence-electron chi connectivity index (χ3n) is 4.43. The Morgan fingerprint density at radius 2 is 1.85 bits per heavy atom. The molecule has 1 fully saturated rings. The molecule has 26 heavy (non-hydrogen) atoms. The number of ether oxygens (including phenoxy) is 1. The van der Waals surface area contributed by atoms with Crippen LogP contribution in [0.5, 0.6) is 5.75 Å². The number of halogens is 1. The van der Waals surface area contributed by atoms with Gasteiger partial charge < -0.3 is 4.74 Å². The number of allylic oxidation sites excluding steroid dienone is 2. The molecule has 1 aliphatic rings. The fourth-order valence-corrected chi connectivity index (χ4v) is 3.18. The molecular weight excluding hydrogens is 344 g/mol. The van der Waals surface area contributed by atoms with Gasteiger partial charge in [0.25, 0.3) is 0 Å². The number of hydrogen-bond acceptors (Lipinski definition) is 3. The van der Waals surface area contributed by atoms with E-state index in [2.05, 4.69) is 23.4 Å². The van der Waals surface area contributed by atoms with Crippen LogP contribution in [0.2, 0.25) is 0 Å². The average molecular weight is 371 g/mol. The number of rotatable bonds is 5. The summed E-state index contributed by atoms with van der Waals surface area (Å²) in [6, 6.07) is 9.81. The third-order valence-corrected chi connectivity index (χ3v) is 4.74. The molecule has 0 aliphatic heterocycles. The van der Waals surface area contributed by atoms with E-state index >= 15 is 0 Å². The maximum absolute atomic E-state index is 9.47. The van der Waals surface area contributed by atoms with Crippen LogP contribution < -0.4 is 4.74 Å². The SMILES string of the molecule is C#CC.COc1ccc(/C(C)=C(\C#N)C(Cl)=NCC2CCCCC2)cc1. The van der Waals surface area contributed by atoms with Gasteiger partial charge >= 0.3 is 0 Å². The van der Waals surface area contributed by atoms with Crippen LogP contribution in [0.25, 0.3) is 5.57 Å². The van der Waals surface area contributed by atoms with E-state index in [0.29, 0.717) is 16.7 Å². The quantitative estimate of drug-likeness (QED) is 0.370. The van der Waals surface area contributed by atoms with Crippen molar-refractivity contribution in [3.8, 4) is 24.2 Å². The summed E-state index contributed by atoms with van der Waals surface area (Å²) >= 11 is 6.31. The van der Waals surface area contributed by atoms with Crippen LogP contribution in [0.1, 0.15) is 51.5 Å². The van der Waals surface area contributed by atoms with Crippen LogP contribution >= 0.6 is 11.6 Å². The van der Waals surface area contributed by atoms with Gasteiger partial charge in [0.2, 0.25) is 0 Å². The highest BCUT2D eigenvalue weighted by Crippen LogP contribution is 2.25. The van der Waals surface area contributed by atoms with Crippen molar-refractivity contribution in [3.05, 3.63) is 35.4 Å². The van der Waals surface area contributed by atoms with E-state index in [4.69, 9.17) is 16.3 Å². The highest BCUT2D eigenvalue weighted by molar-refractivity contribution is 6.70. The number of nitriles is 1. The Labute approximate surface area is 162 Å². The molecule has 0 radical (unpaired) electrons. The van der Waals surface area contributed by atoms with Gasteiger partial charge in [-0.2, -0.15) is 5.26 Å². The third kappa shape index (κ3) is 6.95. The average Bonchev–Trinajstić information content (AvgIpc) is 2.68. The standard InChI is InChI=1S/C19H23ClN2O.C3H4/c1-14(16-8-10-17(23-2)11-9-16)18(12-21)19(20)22-13-15-6-4-3-5-7-15;1-3-2/h8-11,15H,3-7,13H2,1-2H3;1H,2H3/b18-14+,22-19?;. The summed E-state index contributed by atoms with van der Waals surface area (Å²) in [4.78, 5) is 4.48. The molecular formula is C22H27ClN2O. The Bertz CT molecular complexity index is 699. The zero-order chi connectivity index (χ0) is 19.4. The maximum Gasteiger partial charge on any atom is 0.141 e. The molecule has 138 valence electrons. The molecule has 2 rings (SSSR count). The van der Waals surface area contributed by atoms with Gasteiger partial charge in [-0.25, -0.2) is 0 Å². The number of benzene rings is 1. The Morgan fingerprint density at radius 1 is 1.27 bits per heavy atom. The lowest BCUT2D eigenvalue weighted by Crippen LogP contribution is -2.10. The van der Waals surface area contributed by atoms with Crippen molar-refractivity contribution in [2.45, 2.75) is 46.0 Å². The second kappa shape index (κ2) is 12.2. The van der Waals surface area contributed by atoms with E-state index in [1.165, 1.54) is 32.1 Å². The Balaban J connectivity index is 0.00000105. The van der Waals surface area contributed by atoms with E-state index in [9.17, 15) is 5.26 Å². The van der Waals surface area contributed by atoms with Crippen LogP contribution in [0.4, 0.5) is 0 Å². The molecule has 1 aliphatic carbocycles. The van der Waals surface area contributed by atoms with Gasteiger partial charge in [-0.05, 0) is 55.9 Å². The van der Waals surface area contributed by atoms with E-state index in [-0.39, 0.29) is 0 Å². The van der Waals surface area contributed by atoms with Crippen molar-refractivity contribution >= 4 is 22.3 Å². The van der Waals surface area contributed by atoms with E-state index in [0.717, 1.165) is 23.4 Å².